The molecule has 2 fully saturated rings. The molecule has 2 aromatic carbocycles. The number of hydrogen-bond donors (Lipinski definition) is 2. The SMILES string of the molecule is COc1cc(C(=O)N2CCC(N3CCN(C)CC3)CC2)ccc1Nc1nc(Nc2ccccc2SC(C)C)c2sccc2n1. The lowest BCUT2D eigenvalue weighted by Gasteiger charge is -2.42. The van der Waals surface area contributed by atoms with Gasteiger partial charge in [-0.1, -0.05) is 26.0 Å². The molecule has 4 aromatic rings. The number of piperazine rings is 1. The minimum Gasteiger partial charge on any atom is -0.495 e. The molecule has 0 unspecified atom stereocenters. The molecular formula is C33H41N7O2S2. The maximum atomic E-state index is 13.5. The van der Waals surface area contributed by atoms with Crippen LogP contribution in [0.2, 0.25) is 0 Å². The number of thiophene rings is 1. The number of fused-ring (bicyclic) bond motifs is 1. The lowest BCUT2D eigenvalue weighted by atomic mass is 10.0. The molecule has 0 bridgehead atoms. The molecular weight excluding hydrogens is 591 g/mol. The van der Waals surface area contributed by atoms with E-state index in [0.29, 0.717) is 34.2 Å². The number of thioether (sulfide) groups is 1. The fourth-order valence-electron chi connectivity index (χ4n) is 5.91. The van der Waals surface area contributed by atoms with E-state index in [0.717, 1.165) is 73.8 Å². The van der Waals surface area contributed by atoms with Crippen molar-refractivity contribution < 1.29 is 9.53 Å². The molecule has 2 aliphatic heterocycles. The highest BCUT2D eigenvalue weighted by Gasteiger charge is 2.29. The Morgan fingerprint density at radius 1 is 0.977 bits per heavy atom. The molecule has 0 atom stereocenters. The summed E-state index contributed by atoms with van der Waals surface area (Å²) in [5.74, 6) is 1.82. The Kier molecular flexibility index (Phi) is 9.56. The first-order chi connectivity index (χ1) is 21.4. The summed E-state index contributed by atoms with van der Waals surface area (Å²) in [6, 6.07) is 16.4. The number of nitrogens with zero attached hydrogens (tertiary/aromatic N) is 5. The van der Waals surface area contributed by atoms with Gasteiger partial charge in [-0.2, -0.15) is 4.98 Å². The summed E-state index contributed by atoms with van der Waals surface area (Å²) in [5, 5.41) is 9.39. The zero-order valence-electron chi connectivity index (χ0n) is 25.9. The number of anilines is 4. The zero-order valence-corrected chi connectivity index (χ0v) is 27.5. The van der Waals surface area contributed by atoms with Crippen LogP contribution >= 0.6 is 23.1 Å². The topological polar surface area (TPSA) is 85.9 Å². The lowest BCUT2D eigenvalue weighted by molar-refractivity contribution is 0.0518. The van der Waals surface area contributed by atoms with Crippen molar-refractivity contribution in [2.24, 2.45) is 0 Å². The van der Waals surface area contributed by atoms with E-state index in [1.54, 1.807) is 18.4 Å². The van der Waals surface area contributed by atoms with E-state index in [9.17, 15) is 4.79 Å². The molecule has 0 radical (unpaired) electrons. The van der Waals surface area contributed by atoms with Crippen molar-refractivity contribution in [1.82, 2.24) is 24.7 Å². The van der Waals surface area contributed by atoms with Crippen molar-refractivity contribution in [3.63, 3.8) is 0 Å². The quantitative estimate of drug-likeness (QED) is 0.200. The summed E-state index contributed by atoms with van der Waals surface area (Å²) in [6.45, 7) is 10.4. The first-order valence-corrected chi connectivity index (χ1v) is 17.1. The van der Waals surface area contributed by atoms with E-state index < -0.39 is 0 Å². The molecule has 9 nitrogen and oxygen atoms in total. The van der Waals surface area contributed by atoms with Gasteiger partial charge in [0.15, 0.2) is 5.82 Å². The summed E-state index contributed by atoms with van der Waals surface area (Å²) in [5.41, 5.74) is 3.20. The largest absolute Gasteiger partial charge is 0.495 e. The highest BCUT2D eigenvalue weighted by Crippen LogP contribution is 2.36. The van der Waals surface area contributed by atoms with E-state index in [1.165, 1.54) is 4.90 Å². The van der Waals surface area contributed by atoms with Crippen LogP contribution in [-0.2, 0) is 0 Å². The molecule has 0 aliphatic carbocycles. The highest BCUT2D eigenvalue weighted by atomic mass is 32.2. The number of carbonyl (C=O) groups is 1. The number of methoxy groups -OCH3 is 1. The van der Waals surface area contributed by atoms with Gasteiger partial charge in [0.2, 0.25) is 5.95 Å². The summed E-state index contributed by atoms with van der Waals surface area (Å²) >= 11 is 3.42. The molecule has 2 aromatic heterocycles. The number of benzene rings is 2. The van der Waals surface area contributed by atoms with Gasteiger partial charge in [0.05, 0.1) is 28.7 Å². The van der Waals surface area contributed by atoms with E-state index in [1.807, 2.05) is 52.4 Å². The van der Waals surface area contributed by atoms with E-state index in [4.69, 9.17) is 14.7 Å². The Hall–Kier alpha value is -3.38. The Morgan fingerprint density at radius 3 is 2.50 bits per heavy atom. The fourth-order valence-corrected chi connectivity index (χ4v) is 7.60. The standard InChI is InChI=1S/C33H41N7O2S2/c1-22(2)44-29-8-6-5-7-26(29)34-31-30-27(13-20-43-30)36-33(37-31)35-25-10-9-23(21-28(25)42-4)32(41)40-14-11-24(12-15-40)39-18-16-38(3)17-19-39/h5-10,13,20-22,24H,11-12,14-19H2,1-4H3,(H2,34,35,36,37). The number of piperidine rings is 1. The minimum absolute atomic E-state index is 0.0482. The molecule has 2 saturated heterocycles. The number of likely N-dealkylation sites (tertiary alicyclic amines) is 1. The molecule has 1 amide bonds. The number of para-hydroxylation sites is 1. The first kappa shape index (κ1) is 30.6. The Bertz CT molecular complexity index is 1590. The molecule has 2 aliphatic rings. The number of hydrogen-bond acceptors (Lipinski definition) is 10. The second-order valence-corrected chi connectivity index (χ2v) is 14.3. The van der Waals surface area contributed by atoms with Gasteiger partial charge < -0.3 is 25.2 Å². The molecule has 44 heavy (non-hydrogen) atoms. The van der Waals surface area contributed by atoms with Crippen molar-refractivity contribution in [2.45, 2.75) is 42.9 Å². The number of nitrogens with one attached hydrogen (secondary N) is 2. The number of ether oxygens (including phenoxy) is 1. The number of likely N-dealkylation sites (N-methyl/N-ethyl adjacent to an activating group) is 1. The molecule has 2 N–H and O–H groups in total. The predicted octanol–water partition coefficient (Wildman–Crippen LogP) is 6.54. The van der Waals surface area contributed by atoms with Crippen LogP contribution in [0.4, 0.5) is 23.1 Å². The van der Waals surface area contributed by atoms with Crippen LogP contribution in [0.1, 0.15) is 37.0 Å². The predicted molar refractivity (Wildman–Crippen MR) is 182 cm³/mol. The third kappa shape index (κ3) is 6.96. The smallest absolute Gasteiger partial charge is 0.253 e. The molecule has 11 heteroatoms. The van der Waals surface area contributed by atoms with Crippen LogP contribution in [0.15, 0.2) is 58.8 Å². The maximum absolute atomic E-state index is 13.5. The normalized spacial score (nSPS) is 16.9. The zero-order chi connectivity index (χ0) is 30.6. The monoisotopic (exact) mass is 631 g/mol. The van der Waals surface area contributed by atoms with E-state index in [2.05, 4.69) is 59.5 Å². The summed E-state index contributed by atoms with van der Waals surface area (Å²) < 4.78 is 6.73. The van der Waals surface area contributed by atoms with Crippen LogP contribution in [0.5, 0.6) is 5.75 Å². The van der Waals surface area contributed by atoms with Gasteiger partial charge >= 0.3 is 0 Å². The Morgan fingerprint density at radius 2 is 1.75 bits per heavy atom. The summed E-state index contributed by atoms with van der Waals surface area (Å²) in [6.07, 6.45) is 2.04. The number of rotatable bonds is 9. The number of carbonyl (C=O) groups excluding carboxylic acids is 1. The van der Waals surface area contributed by atoms with Gasteiger partial charge in [0, 0.05) is 61.0 Å². The van der Waals surface area contributed by atoms with Gasteiger partial charge in [-0.3, -0.25) is 9.69 Å². The minimum atomic E-state index is 0.0482. The summed E-state index contributed by atoms with van der Waals surface area (Å²) in [4.78, 5) is 31.3. The van der Waals surface area contributed by atoms with Crippen molar-refractivity contribution in [1.29, 1.82) is 0 Å². The van der Waals surface area contributed by atoms with Gasteiger partial charge in [0.25, 0.3) is 5.91 Å². The molecule has 6 rings (SSSR count). The van der Waals surface area contributed by atoms with Crippen LogP contribution < -0.4 is 15.4 Å². The first-order valence-electron chi connectivity index (χ1n) is 15.3. The van der Waals surface area contributed by atoms with E-state index >= 15 is 0 Å². The average Bonchev–Trinajstić information content (AvgIpc) is 3.51. The van der Waals surface area contributed by atoms with Gasteiger partial charge in [-0.25, -0.2) is 4.98 Å². The van der Waals surface area contributed by atoms with Crippen LogP contribution in [0.25, 0.3) is 10.2 Å². The Labute approximate surface area is 268 Å². The van der Waals surface area contributed by atoms with Crippen molar-refractivity contribution >= 4 is 62.4 Å². The highest BCUT2D eigenvalue weighted by molar-refractivity contribution is 8.00. The maximum Gasteiger partial charge on any atom is 0.253 e. The third-order valence-corrected chi connectivity index (χ3v) is 10.3. The van der Waals surface area contributed by atoms with Crippen LogP contribution in [0.3, 0.4) is 0 Å². The molecule has 0 saturated carbocycles. The lowest BCUT2D eigenvalue weighted by Crippen LogP contribution is -2.52. The molecule has 0 spiro atoms. The second kappa shape index (κ2) is 13.7. The van der Waals surface area contributed by atoms with Gasteiger partial charge in [0.1, 0.15) is 5.75 Å². The van der Waals surface area contributed by atoms with Gasteiger partial charge in [-0.15, -0.1) is 23.1 Å². The van der Waals surface area contributed by atoms with Gasteiger partial charge in [-0.05, 0) is 61.7 Å². The van der Waals surface area contributed by atoms with E-state index in [-0.39, 0.29) is 5.91 Å². The molecule has 4 heterocycles. The van der Waals surface area contributed by atoms with Crippen LogP contribution in [0, 0.1) is 0 Å². The molecule has 232 valence electrons. The third-order valence-electron chi connectivity index (χ3n) is 8.31. The van der Waals surface area contributed by atoms with Crippen LogP contribution in [-0.4, -0.2) is 95.3 Å². The Balaban J connectivity index is 1.16. The van der Waals surface area contributed by atoms with Crippen molar-refractivity contribution in [3.8, 4) is 5.75 Å². The van der Waals surface area contributed by atoms with Crippen molar-refractivity contribution in [3.05, 3.63) is 59.5 Å². The number of amides is 1. The second-order valence-electron chi connectivity index (χ2n) is 11.7. The summed E-state index contributed by atoms with van der Waals surface area (Å²) in [7, 11) is 3.81. The fraction of sp³-hybridized carbons (Fsp3) is 0.424. The number of aromatic nitrogens is 2. The average molecular weight is 632 g/mol. The van der Waals surface area contributed by atoms with Crippen molar-refractivity contribution in [2.75, 3.05) is 64.1 Å².